The Kier molecular flexibility index (Phi) is 8.17. The monoisotopic (exact) mass is 385 g/mol. The highest BCUT2D eigenvalue weighted by molar-refractivity contribution is 6.32. The smallest absolute Gasteiger partial charge is 0.410 e. The summed E-state index contributed by atoms with van der Waals surface area (Å²) in [7, 11) is 5.41. The highest BCUT2D eigenvalue weighted by Crippen LogP contribution is 2.27. The van der Waals surface area contributed by atoms with Crippen molar-refractivity contribution in [2.45, 2.75) is 26.4 Å². The van der Waals surface area contributed by atoms with Crippen molar-refractivity contribution in [1.82, 2.24) is 9.80 Å². The first-order valence-electron chi connectivity index (χ1n) is 8.29. The largest absolute Gasteiger partial charge is 0.491 e. The van der Waals surface area contributed by atoms with Crippen molar-refractivity contribution in [2.75, 3.05) is 46.2 Å². The predicted molar refractivity (Wildman–Crippen MR) is 103 cm³/mol. The topological polar surface area (TPSA) is 71.1 Å². The van der Waals surface area contributed by atoms with Gasteiger partial charge in [-0.05, 0) is 53.1 Å². The summed E-state index contributed by atoms with van der Waals surface area (Å²) in [4.78, 5) is 27.2. The van der Waals surface area contributed by atoms with Crippen molar-refractivity contribution >= 4 is 29.3 Å². The zero-order valence-corrected chi connectivity index (χ0v) is 17.0. The summed E-state index contributed by atoms with van der Waals surface area (Å²) in [5.74, 6) is 0.202. The molecule has 0 radical (unpaired) electrons. The van der Waals surface area contributed by atoms with Crippen LogP contribution in [-0.2, 0) is 9.53 Å². The molecule has 0 aliphatic carbocycles. The van der Waals surface area contributed by atoms with E-state index >= 15 is 0 Å². The van der Waals surface area contributed by atoms with Gasteiger partial charge in [-0.1, -0.05) is 11.6 Å². The third kappa shape index (κ3) is 8.40. The number of carbonyl (C=O) groups excluding carboxylic acids is 2. The van der Waals surface area contributed by atoms with Crippen LogP contribution in [0.3, 0.4) is 0 Å². The molecule has 2 amide bonds. The number of rotatable bonds is 7. The minimum Gasteiger partial charge on any atom is -0.491 e. The molecule has 146 valence electrons. The maximum atomic E-state index is 12.1. The first-order chi connectivity index (χ1) is 12.0. The van der Waals surface area contributed by atoms with Gasteiger partial charge in [0.2, 0.25) is 5.91 Å². The second kappa shape index (κ2) is 9.64. The van der Waals surface area contributed by atoms with Crippen LogP contribution >= 0.6 is 11.6 Å². The number of anilines is 1. The molecule has 0 saturated heterocycles. The van der Waals surface area contributed by atoms with Crippen molar-refractivity contribution in [3.8, 4) is 5.75 Å². The molecule has 0 saturated carbocycles. The molecular weight excluding hydrogens is 358 g/mol. The summed E-state index contributed by atoms with van der Waals surface area (Å²) in [6.45, 7) is 6.45. The van der Waals surface area contributed by atoms with Gasteiger partial charge in [0.25, 0.3) is 0 Å². The second-order valence-electron chi connectivity index (χ2n) is 7.18. The predicted octanol–water partition coefficient (Wildman–Crippen LogP) is 3.09. The van der Waals surface area contributed by atoms with Gasteiger partial charge in [0.1, 0.15) is 24.5 Å². The maximum absolute atomic E-state index is 12.1. The van der Waals surface area contributed by atoms with Gasteiger partial charge in [0.05, 0.1) is 5.02 Å². The molecule has 1 aromatic carbocycles. The lowest BCUT2D eigenvalue weighted by Gasteiger charge is -2.24. The molecule has 0 atom stereocenters. The number of hydrogen-bond donors (Lipinski definition) is 1. The Morgan fingerprint density at radius 2 is 1.85 bits per heavy atom. The number of carbonyl (C=O) groups is 2. The molecule has 0 heterocycles. The van der Waals surface area contributed by atoms with Crippen LogP contribution < -0.4 is 10.1 Å². The number of nitrogens with one attached hydrogen (secondary N) is 1. The lowest BCUT2D eigenvalue weighted by molar-refractivity contribution is -0.117. The molecule has 1 rings (SSSR count). The van der Waals surface area contributed by atoms with E-state index in [9.17, 15) is 9.59 Å². The van der Waals surface area contributed by atoms with Crippen molar-refractivity contribution < 1.29 is 19.1 Å². The van der Waals surface area contributed by atoms with Crippen LogP contribution in [0.2, 0.25) is 5.02 Å². The van der Waals surface area contributed by atoms with E-state index in [2.05, 4.69) is 5.32 Å². The zero-order chi connectivity index (χ0) is 19.9. The Bertz CT molecular complexity index is 629. The third-order valence-electron chi connectivity index (χ3n) is 3.10. The summed E-state index contributed by atoms with van der Waals surface area (Å²) in [5, 5.41) is 3.10. The molecule has 0 spiro atoms. The third-order valence-corrected chi connectivity index (χ3v) is 3.39. The van der Waals surface area contributed by atoms with Crippen LogP contribution in [0, 0.1) is 0 Å². The number of amides is 2. The van der Waals surface area contributed by atoms with E-state index in [0.717, 1.165) is 6.54 Å². The Morgan fingerprint density at radius 3 is 2.38 bits per heavy atom. The summed E-state index contributed by atoms with van der Waals surface area (Å²) in [5.41, 5.74) is -0.0878. The Balaban J connectivity index is 2.56. The summed E-state index contributed by atoms with van der Waals surface area (Å²) < 4.78 is 10.8. The normalized spacial score (nSPS) is 11.2. The van der Waals surface area contributed by atoms with E-state index < -0.39 is 11.7 Å². The van der Waals surface area contributed by atoms with Gasteiger partial charge in [-0.15, -0.1) is 0 Å². The van der Waals surface area contributed by atoms with E-state index in [-0.39, 0.29) is 12.5 Å². The van der Waals surface area contributed by atoms with Crippen LogP contribution in [0.4, 0.5) is 10.5 Å². The lowest BCUT2D eigenvalue weighted by Crippen LogP contribution is -2.38. The van der Waals surface area contributed by atoms with Gasteiger partial charge in [-0.2, -0.15) is 0 Å². The summed E-state index contributed by atoms with van der Waals surface area (Å²) in [6, 6.07) is 5.01. The molecule has 0 unspecified atom stereocenters. The van der Waals surface area contributed by atoms with Crippen molar-refractivity contribution in [3.05, 3.63) is 23.2 Å². The molecule has 0 bridgehead atoms. The van der Waals surface area contributed by atoms with Crippen LogP contribution in [0.25, 0.3) is 0 Å². The molecule has 26 heavy (non-hydrogen) atoms. The highest BCUT2D eigenvalue weighted by Gasteiger charge is 2.21. The standard InChI is InChI=1S/C18H28ClN3O4/c1-18(2,3)26-17(24)22(6)12-16(23)20-13-7-8-15(14(19)11-13)25-10-9-21(4)5/h7-8,11H,9-10,12H2,1-6H3,(H,20,23). The lowest BCUT2D eigenvalue weighted by atomic mass is 10.2. The molecule has 8 heteroatoms. The molecule has 1 N–H and O–H groups in total. The van der Waals surface area contributed by atoms with E-state index in [0.29, 0.717) is 23.1 Å². The molecule has 7 nitrogen and oxygen atoms in total. The average molecular weight is 386 g/mol. The highest BCUT2D eigenvalue weighted by atomic mass is 35.5. The minimum absolute atomic E-state index is 0.131. The SMILES string of the molecule is CN(C)CCOc1ccc(NC(=O)CN(C)C(=O)OC(C)(C)C)cc1Cl. The Labute approximate surface area is 160 Å². The van der Waals surface area contributed by atoms with Gasteiger partial charge < -0.3 is 24.6 Å². The van der Waals surface area contributed by atoms with E-state index in [4.69, 9.17) is 21.1 Å². The second-order valence-corrected chi connectivity index (χ2v) is 7.59. The molecule has 0 aromatic heterocycles. The number of halogens is 1. The van der Waals surface area contributed by atoms with Gasteiger partial charge in [0, 0.05) is 19.3 Å². The van der Waals surface area contributed by atoms with Crippen LogP contribution in [-0.4, -0.2) is 68.2 Å². The van der Waals surface area contributed by atoms with Crippen molar-refractivity contribution in [2.24, 2.45) is 0 Å². The van der Waals surface area contributed by atoms with E-state index in [1.807, 2.05) is 19.0 Å². The summed E-state index contributed by atoms with van der Waals surface area (Å²) >= 11 is 6.18. The first kappa shape index (κ1) is 22.1. The zero-order valence-electron chi connectivity index (χ0n) is 16.3. The molecule has 0 aliphatic heterocycles. The van der Waals surface area contributed by atoms with Gasteiger partial charge in [-0.25, -0.2) is 4.79 Å². The molecule has 1 aromatic rings. The fraction of sp³-hybridized carbons (Fsp3) is 0.556. The number of benzene rings is 1. The molecular formula is C18H28ClN3O4. The van der Waals surface area contributed by atoms with Crippen molar-refractivity contribution in [1.29, 1.82) is 0 Å². The van der Waals surface area contributed by atoms with Gasteiger partial charge in [-0.3, -0.25) is 4.79 Å². The van der Waals surface area contributed by atoms with Crippen LogP contribution in [0.5, 0.6) is 5.75 Å². The Morgan fingerprint density at radius 1 is 1.19 bits per heavy atom. The molecule has 0 fully saturated rings. The van der Waals surface area contributed by atoms with Crippen LogP contribution in [0.1, 0.15) is 20.8 Å². The first-order valence-corrected chi connectivity index (χ1v) is 8.67. The number of nitrogens with zero attached hydrogens (tertiary/aromatic N) is 2. The van der Waals surface area contributed by atoms with Gasteiger partial charge in [0.15, 0.2) is 0 Å². The maximum Gasteiger partial charge on any atom is 0.410 e. The summed E-state index contributed by atoms with van der Waals surface area (Å²) in [6.07, 6.45) is -0.560. The number of hydrogen-bond acceptors (Lipinski definition) is 5. The van der Waals surface area contributed by atoms with Crippen LogP contribution in [0.15, 0.2) is 18.2 Å². The quantitative estimate of drug-likeness (QED) is 0.780. The van der Waals surface area contributed by atoms with E-state index in [1.54, 1.807) is 39.0 Å². The average Bonchev–Trinajstić information content (AvgIpc) is 2.47. The minimum atomic E-state index is -0.613. The fourth-order valence-corrected chi connectivity index (χ4v) is 2.09. The van der Waals surface area contributed by atoms with E-state index in [1.165, 1.54) is 11.9 Å². The molecule has 0 aliphatic rings. The number of ether oxygens (including phenoxy) is 2. The number of likely N-dealkylation sites (N-methyl/N-ethyl adjacent to an activating group) is 2. The Hall–Kier alpha value is -1.99. The fourth-order valence-electron chi connectivity index (χ4n) is 1.85. The van der Waals surface area contributed by atoms with Gasteiger partial charge >= 0.3 is 6.09 Å². The van der Waals surface area contributed by atoms with Crippen molar-refractivity contribution in [3.63, 3.8) is 0 Å².